The summed E-state index contributed by atoms with van der Waals surface area (Å²) in [7, 11) is 1.39. The van der Waals surface area contributed by atoms with Crippen LogP contribution in [0.1, 0.15) is 39.3 Å². The van der Waals surface area contributed by atoms with Gasteiger partial charge < -0.3 is 10.1 Å². The van der Waals surface area contributed by atoms with Crippen molar-refractivity contribution < 1.29 is 14.3 Å². The molecule has 0 atom stereocenters. The Bertz CT molecular complexity index is 1010. The van der Waals surface area contributed by atoms with Crippen LogP contribution in [0.4, 0.5) is 0 Å². The van der Waals surface area contributed by atoms with Crippen LogP contribution in [-0.2, 0) is 22.4 Å². The third-order valence-corrected chi connectivity index (χ3v) is 5.04. The van der Waals surface area contributed by atoms with Crippen LogP contribution in [0.3, 0.4) is 0 Å². The molecule has 156 valence electrons. The molecular formula is C23H26N4O3. The van der Waals surface area contributed by atoms with Gasteiger partial charge in [0.25, 0.3) is 5.91 Å². The highest BCUT2D eigenvalue weighted by Crippen LogP contribution is 2.20. The molecule has 0 bridgehead atoms. The van der Waals surface area contributed by atoms with Gasteiger partial charge in [-0.2, -0.15) is 5.10 Å². The molecule has 1 N–H and O–H groups in total. The Balaban J connectivity index is 1.63. The van der Waals surface area contributed by atoms with E-state index in [4.69, 9.17) is 4.74 Å². The van der Waals surface area contributed by atoms with E-state index >= 15 is 0 Å². The first-order valence-electron chi connectivity index (χ1n) is 9.89. The molecule has 0 saturated carbocycles. The number of pyridine rings is 1. The summed E-state index contributed by atoms with van der Waals surface area (Å²) in [4.78, 5) is 27.9. The van der Waals surface area contributed by atoms with E-state index in [1.165, 1.54) is 7.11 Å². The maximum absolute atomic E-state index is 12.4. The fourth-order valence-corrected chi connectivity index (χ4v) is 3.34. The van der Waals surface area contributed by atoms with Crippen LogP contribution in [0.25, 0.3) is 5.69 Å². The summed E-state index contributed by atoms with van der Waals surface area (Å²) < 4.78 is 6.56. The molecule has 1 aromatic carbocycles. The van der Waals surface area contributed by atoms with Crippen molar-refractivity contribution in [3.05, 3.63) is 76.9 Å². The highest BCUT2D eigenvalue weighted by molar-refractivity contribution is 5.94. The van der Waals surface area contributed by atoms with Crippen LogP contribution in [0, 0.1) is 13.8 Å². The smallest absolute Gasteiger partial charge is 0.305 e. The van der Waals surface area contributed by atoms with Crippen molar-refractivity contribution in [2.24, 2.45) is 0 Å². The summed E-state index contributed by atoms with van der Waals surface area (Å²) in [6, 6.07) is 11.2. The lowest BCUT2D eigenvalue weighted by molar-refractivity contribution is -0.140. The van der Waals surface area contributed by atoms with Crippen LogP contribution < -0.4 is 5.32 Å². The second-order valence-corrected chi connectivity index (χ2v) is 7.05. The normalized spacial score (nSPS) is 10.6. The molecule has 0 radical (unpaired) electrons. The van der Waals surface area contributed by atoms with Gasteiger partial charge in [-0.15, -0.1) is 0 Å². The SMILES string of the molecule is COC(=O)CCc1c(C)nn(-c2ccc(C(=O)NCCc3cccnc3)cc2)c1C. The predicted octanol–water partition coefficient (Wildman–Crippen LogP) is 2.96. The largest absolute Gasteiger partial charge is 0.469 e. The number of aromatic nitrogens is 3. The van der Waals surface area contributed by atoms with E-state index in [2.05, 4.69) is 15.4 Å². The maximum Gasteiger partial charge on any atom is 0.305 e. The first-order chi connectivity index (χ1) is 14.5. The minimum atomic E-state index is -0.236. The van der Waals surface area contributed by atoms with Crippen LogP contribution in [0.2, 0.25) is 0 Å². The van der Waals surface area contributed by atoms with Crippen molar-refractivity contribution in [3.63, 3.8) is 0 Å². The van der Waals surface area contributed by atoms with Gasteiger partial charge in [-0.3, -0.25) is 14.6 Å². The van der Waals surface area contributed by atoms with Gasteiger partial charge in [0.15, 0.2) is 0 Å². The van der Waals surface area contributed by atoms with Gasteiger partial charge in [-0.25, -0.2) is 4.68 Å². The number of ether oxygens (including phenoxy) is 1. The van der Waals surface area contributed by atoms with Gasteiger partial charge in [0.2, 0.25) is 0 Å². The standard InChI is InChI=1S/C23H26N4O3/c1-16-21(10-11-22(28)30-3)17(2)27(26-16)20-8-6-19(7-9-20)23(29)25-14-12-18-5-4-13-24-15-18/h4-9,13,15H,10-12,14H2,1-3H3,(H,25,29). The Morgan fingerprint density at radius 3 is 2.53 bits per heavy atom. The molecular weight excluding hydrogens is 380 g/mol. The summed E-state index contributed by atoms with van der Waals surface area (Å²) in [6.45, 7) is 4.46. The minimum Gasteiger partial charge on any atom is -0.469 e. The van der Waals surface area contributed by atoms with Crippen LogP contribution >= 0.6 is 0 Å². The zero-order chi connectivity index (χ0) is 21.5. The second-order valence-electron chi connectivity index (χ2n) is 7.05. The van der Waals surface area contributed by atoms with Crippen molar-refractivity contribution in [2.75, 3.05) is 13.7 Å². The fraction of sp³-hybridized carbons (Fsp3) is 0.304. The number of nitrogens with one attached hydrogen (secondary N) is 1. The number of esters is 1. The summed E-state index contributed by atoms with van der Waals surface area (Å²) in [5.74, 6) is -0.349. The summed E-state index contributed by atoms with van der Waals surface area (Å²) >= 11 is 0. The van der Waals surface area contributed by atoms with E-state index in [1.54, 1.807) is 24.5 Å². The number of hydrogen-bond donors (Lipinski definition) is 1. The average Bonchev–Trinajstić information content (AvgIpc) is 3.06. The number of amides is 1. The molecule has 0 unspecified atom stereocenters. The number of hydrogen-bond acceptors (Lipinski definition) is 5. The van der Waals surface area contributed by atoms with Crippen molar-refractivity contribution in [1.82, 2.24) is 20.1 Å². The summed E-state index contributed by atoms with van der Waals surface area (Å²) in [5, 5.41) is 7.53. The number of rotatable bonds is 8. The molecule has 0 aliphatic heterocycles. The lowest BCUT2D eigenvalue weighted by atomic mass is 10.1. The van der Waals surface area contributed by atoms with Gasteiger partial charge in [-0.1, -0.05) is 6.07 Å². The van der Waals surface area contributed by atoms with Crippen molar-refractivity contribution >= 4 is 11.9 Å². The highest BCUT2D eigenvalue weighted by Gasteiger charge is 2.15. The zero-order valence-electron chi connectivity index (χ0n) is 17.5. The summed E-state index contributed by atoms with van der Waals surface area (Å²) in [5.41, 5.74) is 5.45. The Morgan fingerprint density at radius 1 is 1.10 bits per heavy atom. The topological polar surface area (TPSA) is 86.1 Å². The predicted molar refractivity (Wildman–Crippen MR) is 114 cm³/mol. The molecule has 0 aliphatic carbocycles. The Hall–Kier alpha value is -3.48. The number of benzene rings is 1. The molecule has 3 aromatic rings. The molecule has 0 aliphatic rings. The monoisotopic (exact) mass is 406 g/mol. The molecule has 30 heavy (non-hydrogen) atoms. The van der Waals surface area contributed by atoms with Crippen LogP contribution in [-0.4, -0.2) is 40.3 Å². The molecule has 0 saturated heterocycles. The van der Waals surface area contributed by atoms with Crippen molar-refractivity contribution in [1.29, 1.82) is 0 Å². The van der Waals surface area contributed by atoms with E-state index in [0.717, 1.165) is 34.6 Å². The Morgan fingerprint density at radius 2 is 1.87 bits per heavy atom. The van der Waals surface area contributed by atoms with Gasteiger partial charge >= 0.3 is 5.97 Å². The number of carbonyl (C=O) groups excluding carboxylic acids is 2. The molecule has 7 heteroatoms. The quantitative estimate of drug-likeness (QED) is 0.581. The molecule has 3 rings (SSSR count). The first kappa shape index (κ1) is 21.2. The number of aryl methyl sites for hydroxylation is 1. The van der Waals surface area contributed by atoms with E-state index in [-0.39, 0.29) is 11.9 Å². The Kier molecular flexibility index (Phi) is 6.95. The third kappa shape index (κ3) is 5.11. The van der Waals surface area contributed by atoms with E-state index in [9.17, 15) is 9.59 Å². The zero-order valence-corrected chi connectivity index (χ0v) is 17.5. The first-order valence-corrected chi connectivity index (χ1v) is 9.89. The van der Waals surface area contributed by atoms with E-state index in [1.807, 2.05) is 42.8 Å². The summed E-state index contributed by atoms with van der Waals surface area (Å²) in [6.07, 6.45) is 5.17. The van der Waals surface area contributed by atoms with Gasteiger partial charge in [0, 0.05) is 36.6 Å². The van der Waals surface area contributed by atoms with Crippen molar-refractivity contribution in [3.8, 4) is 5.69 Å². The van der Waals surface area contributed by atoms with Gasteiger partial charge in [0.1, 0.15) is 0 Å². The molecule has 0 spiro atoms. The fourth-order valence-electron chi connectivity index (χ4n) is 3.34. The number of nitrogens with zero attached hydrogens (tertiary/aromatic N) is 3. The molecule has 1 amide bonds. The molecule has 2 heterocycles. The maximum atomic E-state index is 12.4. The van der Waals surface area contributed by atoms with Crippen molar-refractivity contribution in [2.45, 2.75) is 33.1 Å². The second kappa shape index (κ2) is 9.82. The third-order valence-electron chi connectivity index (χ3n) is 5.04. The molecule has 0 fully saturated rings. The van der Waals surface area contributed by atoms with Gasteiger partial charge in [0.05, 0.1) is 18.5 Å². The number of carbonyl (C=O) groups is 2. The lowest BCUT2D eigenvalue weighted by Crippen LogP contribution is -2.25. The average molecular weight is 406 g/mol. The molecule has 2 aromatic heterocycles. The van der Waals surface area contributed by atoms with Gasteiger partial charge in [-0.05, 0) is 68.1 Å². The van der Waals surface area contributed by atoms with Crippen LogP contribution in [0.5, 0.6) is 0 Å². The minimum absolute atomic E-state index is 0.113. The Labute approximate surface area is 176 Å². The number of methoxy groups -OCH3 is 1. The van der Waals surface area contributed by atoms with E-state index in [0.29, 0.717) is 24.9 Å². The highest BCUT2D eigenvalue weighted by atomic mass is 16.5. The lowest BCUT2D eigenvalue weighted by Gasteiger charge is -2.08. The molecule has 7 nitrogen and oxygen atoms in total. The van der Waals surface area contributed by atoms with E-state index < -0.39 is 0 Å². The van der Waals surface area contributed by atoms with Crippen LogP contribution in [0.15, 0.2) is 48.8 Å².